The second-order valence-corrected chi connectivity index (χ2v) is 4.40. The molecule has 1 heterocycles. The molecule has 0 saturated heterocycles. The molecule has 1 aromatic carbocycles. The summed E-state index contributed by atoms with van der Waals surface area (Å²) < 4.78 is 11.8. The number of hydrogen-bond donors (Lipinski definition) is 1. The maximum atomic E-state index is 11.9. The smallest absolute Gasteiger partial charge is 0.242 e. The molecule has 8 heteroatoms. The Morgan fingerprint density at radius 3 is 2.81 bits per heavy atom. The van der Waals surface area contributed by atoms with E-state index in [9.17, 15) is 4.79 Å². The summed E-state index contributed by atoms with van der Waals surface area (Å²) in [5.74, 6) is 1.17. The van der Waals surface area contributed by atoms with Crippen LogP contribution in [0.5, 0.6) is 11.5 Å². The number of ether oxygens (including phenoxy) is 2. The standard InChI is InChI=1S/C13H17N5O3/c1-9(15-13(19)7-18-8-14-16-17-18)11-5-4-10(20-2)6-12(11)21-3/h4-6,8-9H,7H2,1-3H3,(H,15,19)/t9-/m0/s1. The summed E-state index contributed by atoms with van der Waals surface area (Å²) >= 11 is 0. The van der Waals surface area contributed by atoms with Gasteiger partial charge >= 0.3 is 0 Å². The summed E-state index contributed by atoms with van der Waals surface area (Å²) in [4.78, 5) is 11.9. The number of benzene rings is 1. The Kier molecular flexibility index (Phi) is 4.70. The Bertz CT molecular complexity index is 600. The molecule has 112 valence electrons. The minimum absolute atomic E-state index is 0.0653. The normalized spacial score (nSPS) is 11.8. The number of aromatic nitrogens is 4. The molecule has 0 bridgehead atoms. The summed E-state index contributed by atoms with van der Waals surface area (Å²) in [6.45, 7) is 1.94. The van der Waals surface area contributed by atoms with E-state index in [4.69, 9.17) is 9.47 Å². The third kappa shape index (κ3) is 3.68. The van der Waals surface area contributed by atoms with Gasteiger partial charge in [-0.1, -0.05) is 0 Å². The Hall–Kier alpha value is -2.64. The molecule has 2 aromatic rings. The molecule has 0 saturated carbocycles. The number of rotatable bonds is 6. The topological polar surface area (TPSA) is 91.2 Å². The van der Waals surface area contributed by atoms with Crippen LogP contribution in [0.3, 0.4) is 0 Å². The fourth-order valence-corrected chi connectivity index (χ4v) is 1.94. The van der Waals surface area contributed by atoms with E-state index in [2.05, 4.69) is 20.8 Å². The molecule has 1 aromatic heterocycles. The minimum atomic E-state index is -0.213. The van der Waals surface area contributed by atoms with E-state index in [1.807, 2.05) is 19.1 Å². The third-order valence-electron chi connectivity index (χ3n) is 2.98. The highest BCUT2D eigenvalue weighted by Gasteiger charge is 2.15. The van der Waals surface area contributed by atoms with E-state index in [1.165, 1.54) is 11.0 Å². The van der Waals surface area contributed by atoms with Crippen molar-refractivity contribution in [3.05, 3.63) is 30.1 Å². The Morgan fingerprint density at radius 1 is 1.38 bits per heavy atom. The lowest BCUT2D eigenvalue weighted by Gasteiger charge is -2.18. The minimum Gasteiger partial charge on any atom is -0.497 e. The summed E-state index contributed by atoms with van der Waals surface area (Å²) in [6, 6.07) is 5.25. The van der Waals surface area contributed by atoms with E-state index in [-0.39, 0.29) is 18.5 Å². The molecule has 8 nitrogen and oxygen atoms in total. The third-order valence-corrected chi connectivity index (χ3v) is 2.98. The zero-order valence-electron chi connectivity index (χ0n) is 12.1. The van der Waals surface area contributed by atoms with Crippen LogP contribution in [0.1, 0.15) is 18.5 Å². The largest absolute Gasteiger partial charge is 0.497 e. The molecule has 0 aliphatic heterocycles. The van der Waals surface area contributed by atoms with Gasteiger partial charge in [0.05, 0.1) is 20.3 Å². The van der Waals surface area contributed by atoms with Gasteiger partial charge in [0.25, 0.3) is 0 Å². The van der Waals surface area contributed by atoms with Crippen molar-refractivity contribution < 1.29 is 14.3 Å². The average molecular weight is 291 g/mol. The van der Waals surface area contributed by atoms with Crippen LogP contribution in [-0.2, 0) is 11.3 Å². The lowest BCUT2D eigenvalue weighted by molar-refractivity contribution is -0.122. The van der Waals surface area contributed by atoms with E-state index in [0.29, 0.717) is 11.5 Å². The van der Waals surface area contributed by atoms with Gasteiger partial charge in [0.15, 0.2) is 0 Å². The van der Waals surface area contributed by atoms with Crippen molar-refractivity contribution in [2.75, 3.05) is 14.2 Å². The predicted octanol–water partition coefficient (Wildman–Crippen LogP) is 0.568. The summed E-state index contributed by atoms with van der Waals surface area (Å²) in [5, 5.41) is 13.5. The molecule has 1 N–H and O–H groups in total. The van der Waals surface area contributed by atoms with Crippen molar-refractivity contribution in [1.82, 2.24) is 25.5 Å². The molecule has 0 aliphatic carbocycles. The van der Waals surface area contributed by atoms with Crippen molar-refractivity contribution >= 4 is 5.91 Å². The zero-order valence-corrected chi connectivity index (χ0v) is 12.1. The van der Waals surface area contributed by atoms with E-state index in [1.54, 1.807) is 20.3 Å². The molecule has 21 heavy (non-hydrogen) atoms. The number of carbonyl (C=O) groups excluding carboxylic acids is 1. The van der Waals surface area contributed by atoms with Gasteiger partial charge in [-0.05, 0) is 29.5 Å². The van der Waals surface area contributed by atoms with Crippen LogP contribution in [0.15, 0.2) is 24.5 Å². The first-order valence-corrected chi connectivity index (χ1v) is 6.36. The van der Waals surface area contributed by atoms with Crippen LogP contribution < -0.4 is 14.8 Å². The molecule has 0 spiro atoms. The van der Waals surface area contributed by atoms with Crippen LogP contribution >= 0.6 is 0 Å². The van der Waals surface area contributed by atoms with E-state index >= 15 is 0 Å². The Morgan fingerprint density at radius 2 is 2.19 bits per heavy atom. The first kappa shape index (κ1) is 14.8. The van der Waals surface area contributed by atoms with Crippen molar-refractivity contribution in [3.8, 4) is 11.5 Å². The van der Waals surface area contributed by atoms with Crippen LogP contribution in [0.2, 0.25) is 0 Å². The second kappa shape index (κ2) is 6.69. The van der Waals surface area contributed by atoms with Gasteiger partial charge in [0.1, 0.15) is 24.4 Å². The van der Waals surface area contributed by atoms with E-state index < -0.39 is 0 Å². The van der Waals surface area contributed by atoms with Crippen LogP contribution in [0.4, 0.5) is 0 Å². The Labute approximate surface area is 122 Å². The summed E-state index contributed by atoms with van der Waals surface area (Å²) in [5.41, 5.74) is 0.864. The Balaban J connectivity index is 2.05. The van der Waals surface area contributed by atoms with Crippen molar-refractivity contribution in [2.24, 2.45) is 0 Å². The van der Waals surface area contributed by atoms with Gasteiger partial charge in [-0.3, -0.25) is 4.79 Å². The molecule has 2 rings (SSSR count). The van der Waals surface area contributed by atoms with Crippen molar-refractivity contribution in [2.45, 2.75) is 19.5 Å². The lowest BCUT2D eigenvalue weighted by atomic mass is 10.1. The molecule has 0 aliphatic rings. The number of nitrogens with one attached hydrogen (secondary N) is 1. The van der Waals surface area contributed by atoms with Gasteiger partial charge in [-0.25, -0.2) is 4.68 Å². The second-order valence-electron chi connectivity index (χ2n) is 4.40. The fourth-order valence-electron chi connectivity index (χ4n) is 1.94. The maximum Gasteiger partial charge on any atom is 0.242 e. The molecular weight excluding hydrogens is 274 g/mol. The highest BCUT2D eigenvalue weighted by Crippen LogP contribution is 2.29. The highest BCUT2D eigenvalue weighted by molar-refractivity contribution is 5.76. The summed E-state index contributed by atoms with van der Waals surface area (Å²) in [6.07, 6.45) is 1.39. The molecular formula is C13H17N5O3. The van der Waals surface area contributed by atoms with Gasteiger partial charge in [-0.15, -0.1) is 5.10 Å². The number of carbonyl (C=O) groups is 1. The number of tetrazole rings is 1. The zero-order chi connectivity index (χ0) is 15.2. The molecule has 1 amide bonds. The quantitative estimate of drug-likeness (QED) is 0.836. The summed E-state index contributed by atoms with van der Waals surface area (Å²) in [7, 11) is 3.17. The van der Waals surface area contributed by atoms with Crippen molar-refractivity contribution in [1.29, 1.82) is 0 Å². The molecule has 1 atom stereocenters. The van der Waals surface area contributed by atoms with Gasteiger partial charge < -0.3 is 14.8 Å². The number of nitrogens with zero attached hydrogens (tertiary/aromatic N) is 4. The number of amides is 1. The number of hydrogen-bond acceptors (Lipinski definition) is 6. The van der Waals surface area contributed by atoms with Gasteiger partial charge in [0, 0.05) is 11.6 Å². The molecule has 0 unspecified atom stereocenters. The van der Waals surface area contributed by atoms with E-state index in [0.717, 1.165) is 5.56 Å². The van der Waals surface area contributed by atoms with Gasteiger partial charge in [-0.2, -0.15) is 0 Å². The molecule has 0 radical (unpaired) electrons. The SMILES string of the molecule is COc1ccc([C@H](C)NC(=O)Cn2cnnn2)c(OC)c1. The highest BCUT2D eigenvalue weighted by atomic mass is 16.5. The van der Waals surface area contributed by atoms with Crippen LogP contribution in [0, 0.1) is 0 Å². The predicted molar refractivity (Wildman–Crippen MR) is 73.9 cm³/mol. The maximum absolute atomic E-state index is 11.9. The first-order chi connectivity index (χ1) is 10.1. The lowest BCUT2D eigenvalue weighted by Crippen LogP contribution is -2.30. The monoisotopic (exact) mass is 291 g/mol. The van der Waals surface area contributed by atoms with Crippen LogP contribution in [0.25, 0.3) is 0 Å². The van der Waals surface area contributed by atoms with Crippen molar-refractivity contribution in [3.63, 3.8) is 0 Å². The van der Waals surface area contributed by atoms with Crippen LogP contribution in [-0.4, -0.2) is 40.3 Å². The number of methoxy groups -OCH3 is 2. The average Bonchev–Trinajstić information content (AvgIpc) is 2.99. The van der Waals surface area contributed by atoms with Gasteiger partial charge in [0.2, 0.25) is 5.91 Å². The fraction of sp³-hybridized carbons (Fsp3) is 0.385. The molecule has 0 fully saturated rings. The first-order valence-electron chi connectivity index (χ1n) is 6.36.